The van der Waals surface area contributed by atoms with Crippen molar-refractivity contribution in [3.63, 3.8) is 0 Å². The zero-order valence-electron chi connectivity index (χ0n) is 8.60. The van der Waals surface area contributed by atoms with Crippen molar-refractivity contribution in [2.45, 2.75) is 24.8 Å². The van der Waals surface area contributed by atoms with Gasteiger partial charge in [-0.05, 0) is 26.0 Å². The first-order valence-corrected chi connectivity index (χ1v) is 7.04. The third-order valence-corrected chi connectivity index (χ3v) is 4.16. The predicted octanol–water partition coefficient (Wildman–Crippen LogP) is 2.48. The van der Waals surface area contributed by atoms with Crippen LogP contribution in [0.5, 0.6) is 0 Å². The molecule has 0 aliphatic rings. The van der Waals surface area contributed by atoms with E-state index in [0.717, 1.165) is 5.56 Å². The summed E-state index contributed by atoms with van der Waals surface area (Å²) in [6, 6.07) is 6.58. The minimum Gasteiger partial charge on any atom is -0.262 e. The van der Waals surface area contributed by atoms with Crippen molar-refractivity contribution in [1.82, 2.24) is 0 Å². The maximum atomic E-state index is 11.7. The Morgan fingerprint density at radius 2 is 1.87 bits per heavy atom. The Labute approximate surface area is 98.7 Å². The Bertz CT molecular complexity index is 411. The first kappa shape index (κ1) is 12.7. The van der Waals surface area contributed by atoms with Gasteiger partial charge in [0.25, 0.3) is 10.1 Å². The van der Waals surface area contributed by atoms with E-state index in [4.69, 9.17) is 4.18 Å². The quantitative estimate of drug-likeness (QED) is 0.633. The third kappa shape index (κ3) is 3.59. The molecule has 1 atom stereocenters. The largest absolute Gasteiger partial charge is 0.297 e. The lowest BCUT2D eigenvalue weighted by molar-refractivity contribution is 0.254. The fraction of sp³-hybridized carbons (Fsp3) is 0.400. The lowest BCUT2D eigenvalue weighted by Gasteiger charge is -2.10. The smallest absolute Gasteiger partial charge is 0.262 e. The Balaban J connectivity index is 2.91. The molecule has 1 rings (SSSR count). The van der Waals surface area contributed by atoms with Crippen LogP contribution in [0.2, 0.25) is 0 Å². The molecule has 0 fully saturated rings. The van der Waals surface area contributed by atoms with Crippen LogP contribution < -0.4 is 0 Å². The first-order valence-electron chi connectivity index (χ1n) is 4.51. The Hall–Kier alpha value is -0.390. The molecule has 0 aliphatic carbocycles. The van der Waals surface area contributed by atoms with Crippen LogP contribution in [0.1, 0.15) is 12.5 Å². The highest BCUT2D eigenvalue weighted by Crippen LogP contribution is 2.15. The summed E-state index contributed by atoms with van der Waals surface area (Å²) >= 11 is 3.16. The van der Waals surface area contributed by atoms with Gasteiger partial charge in [0, 0.05) is 5.33 Å². The molecule has 84 valence electrons. The van der Waals surface area contributed by atoms with Gasteiger partial charge in [-0.2, -0.15) is 8.42 Å². The summed E-state index contributed by atoms with van der Waals surface area (Å²) in [6.07, 6.45) is -0.365. The van der Waals surface area contributed by atoms with Crippen molar-refractivity contribution < 1.29 is 12.6 Å². The fourth-order valence-corrected chi connectivity index (χ4v) is 2.39. The molecule has 1 aromatic rings. The number of aryl methyl sites for hydroxylation is 1. The second kappa shape index (κ2) is 5.09. The lowest BCUT2D eigenvalue weighted by atomic mass is 10.2. The monoisotopic (exact) mass is 292 g/mol. The van der Waals surface area contributed by atoms with Gasteiger partial charge in [-0.3, -0.25) is 4.18 Å². The van der Waals surface area contributed by atoms with Crippen LogP contribution in [-0.2, 0) is 14.3 Å². The van der Waals surface area contributed by atoms with Crippen LogP contribution in [0.15, 0.2) is 29.2 Å². The molecule has 1 unspecified atom stereocenters. The minimum absolute atomic E-state index is 0.195. The maximum Gasteiger partial charge on any atom is 0.297 e. The topological polar surface area (TPSA) is 43.4 Å². The van der Waals surface area contributed by atoms with Gasteiger partial charge in [-0.15, -0.1) is 0 Å². The van der Waals surface area contributed by atoms with Crippen LogP contribution in [0, 0.1) is 6.92 Å². The molecule has 0 bridgehead atoms. The van der Waals surface area contributed by atoms with E-state index in [9.17, 15) is 8.42 Å². The highest BCUT2D eigenvalue weighted by molar-refractivity contribution is 9.09. The standard InChI is InChI=1S/C10H13BrO3S/c1-8-3-5-10(6-4-8)15(12,13)14-9(2)7-11/h3-6,9H,7H2,1-2H3. The van der Waals surface area contributed by atoms with E-state index in [1.165, 1.54) is 0 Å². The zero-order valence-corrected chi connectivity index (χ0v) is 11.0. The fourth-order valence-electron chi connectivity index (χ4n) is 1.00. The summed E-state index contributed by atoms with van der Waals surface area (Å²) in [5, 5.41) is 0.484. The number of hydrogen-bond donors (Lipinski definition) is 0. The first-order chi connectivity index (χ1) is 6.95. The number of rotatable bonds is 4. The van der Waals surface area contributed by atoms with Crippen LogP contribution in [0.25, 0.3) is 0 Å². The number of alkyl halides is 1. The van der Waals surface area contributed by atoms with Gasteiger partial charge in [0.15, 0.2) is 0 Å². The molecule has 0 heterocycles. The van der Waals surface area contributed by atoms with Crippen LogP contribution >= 0.6 is 15.9 Å². The average molecular weight is 293 g/mol. The molecular formula is C10H13BrO3S. The Kier molecular flexibility index (Phi) is 4.31. The third-order valence-electron chi connectivity index (χ3n) is 1.82. The molecule has 0 amide bonds. The maximum absolute atomic E-state index is 11.7. The van der Waals surface area contributed by atoms with E-state index in [-0.39, 0.29) is 11.0 Å². The zero-order chi connectivity index (χ0) is 11.5. The molecule has 0 aromatic heterocycles. The van der Waals surface area contributed by atoms with Gasteiger partial charge < -0.3 is 0 Å². The molecule has 0 spiro atoms. The van der Waals surface area contributed by atoms with E-state index >= 15 is 0 Å². The molecule has 5 heteroatoms. The van der Waals surface area contributed by atoms with E-state index in [2.05, 4.69) is 15.9 Å². The van der Waals surface area contributed by atoms with Gasteiger partial charge in [-0.1, -0.05) is 33.6 Å². The van der Waals surface area contributed by atoms with Crippen molar-refractivity contribution in [3.8, 4) is 0 Å². The normalized spacial score (nSPS) is 13.8. The molecular weight excluding hydrogens is 280 g/mol. The van der Waals surface area contributed by atoms with Gasteiger partial charge in [-0.25, -0.2) is 0 Å². The summed E-state index contributed by atoms with van der Waals surface area (Å²) in [4.78, 5) is 0.195. The number of hydrogen-bond acceptors (Lipinski definition) is 3. The second-order valence-corrected chi connectivity index (χ2v) is 5.55. The van der Waals surface area contributed by atoms with Crippen LogP contribution in [0.3, 0.4) is 0 Å². The highest BCUT2D eigenvalue weighted by atomic mass is 79.9. The lowest BCUT2D eigenvalue weighted by Crippen LogP contribution is -2.16. The van der Waals surface area contributed by atoms with E-state index in [1.807, 2.05) is 6.92 Å². The Morgan fingerprint density at radius 3 is 2.33 bits per heavy atom. The second-order valence-electron chi connectivity index (χ2n) is 3.33. The molecule has 0 N–H and O–H groups in total. The summed E-state index contributed by atoms with van der Waals surface area (Å²) < 4.78 is 28.3. The molecule has 3 nitrogen and oxygen atoms in total. The summed E-state index contributed by atoms with van der Waals surface area (Å²) in [7, 11) is -3.62. The van der Waals surface area contributed by atoms with Gasteiger partial charge in [0.05, 0.1) is 11.0 Å². The molecule has 0 saturated carbocycles. The molecule has 15 heavy (non-hydrogen) atoms. The molecule has 0 aliphatic heterocycles. The van der Waals surface area contributed by atoms with Crippen molar-refractivity contribution in [2.75, 3.05) is 5.33 Å². The van der Waals surface area contributed by atoms with Crippen molar-refractivity contribution in [2.24, 2.45) is 0 Å². The van der Waals surface area contributed by atoms with Crippen molar-refractivity contribution in [3.05, 3.63) is 29.8 Å². The van der Waals surface area contributed by atoms with E-state index < -0.39 is 10.1 Å². The molecule has 0 saturated heterocycles. The average Bonchev–Trinajstić information content (AvgIpc) is 2.17. The van der Waals surface area contributed by atoms with Gasteiger partial charge >= 0.3 is 0 Å². The summed E-state index contributed by atoms with van der Waals surface area (Å²) in [5.74, 6) is 0. The van der Waals surface area contributed by atoms with Gasteiger partial charge in [0.1, 0.15) is 0 Å². The predicted molar refractivity (Wildman–Crippen MR) is 62.7 cm³/mol. The van der Waals surface area contributed by atoms with Crippen LogP contribution in [0.4, 0.5) is 0 Å². The summed E-state index contributed by atoms with van der Waals surface area (Å²) in [6.45, 7) is 3.60. The number of benzene rings is 1. The highest BCUT2D eigenvalue weighted by Gasteiger charge is 2.17. The van der Waals surface area contributed by atoms with E-state index in [1.54, 1.807) is 31.2 Å². The van der Waals surface area contributed by atoms with Gasteiger partial charge in [0.2, 0.25) is 0 Å². The molecule has 1 aromatic carbocycles. The van der Waals surface area contributed by atoms with Crippen molar-refractivity contribution >= 4 is 26.0 Å². The summed E-state index contributed by atoms with van der Waals surface area (Å²) in [5.41, 5.74) is 1.02. The Morgan fingerprint density at radius 1 is 1.33 bits per heavy atom. The van der Waals surface area contributed by atoms with Crippen molar-refractivity contribution in [1.29, 1.82) is 0 Å². The number of halogens is 1. The van der Waals surface area contributed by atoms with E-state index in [0.29, 0.717) is 5.33 Å². The SMILES string of the molecule is Cc1ccc(S(=O)(=O)OC(C)CBr)cc1. The van der Waals surface area contributed by atoms with Crippen LogP contribution in [-0.4, -0.2) is 19.9 Å². The minimum atomic E-state index is -3.62. The molecule has 0 radical (unpaired) electrons.